The quantitative estimate of drug-likeness (QED) is 0.661. The summed E-state index contributed by atoms with van der Waals surface area (Å²) in [7, 11) is 1.67. The third kappa shape index (κ3) is 4.18. The number of hydrogen-bond acceptors (Lipinski definition) is 4. The lowest BCUT2D eigenvalue weighted by Gasteiger charge is -2.26. The van der Waals surface area contributed by atoms with Gasteiger partial charge in [0.2, 0.25) is 5.91 Å². The SMILES string of the molecule is Cn1c(=O)cc(C(=O)NCc2ccc(C(=O)N3CCNC(=O)C3)cc2)c2ccccc21. The lowest BCUT2D eigenvalue weighted by molar-refractivity contribution is -0.123. The number of fused-ring (bicyclic) bond motifs is 1. The van der Waals surface area contributed by atoms with Gasteiger partial charge in [-0.3, -0.25) is 19.2 Å². The molecule has 158 valence electrons. The van der Waals surface area contributed by atoms with Crippen molar-refractivity contribution in [3.8, 4) is 0 Å². The molecule has 8 nitrogen and oxygen atoms in total. The monoisotopic (exact) mass is 418 g/mol. The molecule has 1 aliphatic rings. The number of pyridine rings is 1. The molecule has 3 amide bonds. The minimum atomic E-state index is -0.339. The van der Waals surface area contributed by atoms with Crippen molar-refractivity contribution in [2.75, 3.05) is 19.6 Å². The summed E-state index contributed by atoms with van der Waals surface area (Å²) in [5.74, 6) is -0.701. The van der Waals surface area contributed by atoms with Crippen LogP contribution in [0.25, 0.3) is 10.9 Å². The van der Waals surface area contributed by atoms with Crippen LogP contribution in [0.15, 0.2) is 59.4 Å². The topological polar surface area (TPSA) is 101 Å². The van der Waals surface area contributed by atoms with Gasteiger partial charge in [-0.25, -0.2) is 0 Å². The summed E-state index contributed by atoms with van der Waals surface area (Å²) in [6.07, 6.45) is 0. The molecule has 2 heterocycles. The fourth-order valence-corrected chi connectivity index (χ4v) is 3.64. The average Bonchev–Trinajstić information content (AvgIpc) is 2.79. The van der Waals surface area contributed by atoms with Crippen LogP contribution in [0.5, 0.6) is 0 Å². The van der Waals surface area contributed by atoms with Crippen LogP contribution in [0.3, 0.4) is 0 Å². The van der Waals surface area contributed by atoms with Crippen molar-refractivity contribution in [3.63, 3.8) is 0 Å². The molecule has 0 unspecified atom stereocenters. The molecular formula is C23H22N4O4. The summed E-state index contributed by atoms with van der Waals surface area (Å²) in [5.41, 5.74) is 2.07. The minimum absolute atomic E-state index is 0.0567. The largest absolute Gasteiger partial charge is 0.353 e. The Morgan fingerprint density at radius 3 is 2.55 bits per heavy atom. The molecule has 4 rings (SSSR count). The zero-order valence-electron chi connectivity index (χ0n) is 17.1. The Morgan fingerprint density at radius 2 is 1.81 bits per heavy atom. The maximum absolute atomic E-state index is 12.8. The van der Waals surface area contributed by atoms with E-state index >= 15 is 0 Å². The Hall–Kier alpha value is -3.94. The van der Waals surface area contributed by atoms with Crippen molar-refractivity contribution in [2.24, 2.45) is 7.05 Å². The number of benzene rings is 2. The van der Waals surface area contributed by atoms with Crippen LogP contribution in [0, 0.1) is 0 Å². The fraction of sp³-hybridized carbons (Fsp3) is 0.217. The van der Waals surface area contributed by atoms with Crippen LogP contribution in [0.1, 0.15) is 26.3 Å². The number of carbonyl (C=O) groups is 3. The van der Waals surface area contributed by atoms with E-state index in [2.05, 4.69) is 10.6 Å². The molecular weight excluding hydrogens is 396 g/mol. The lowest BCUT2D eigenvalue weighted by Crippen LogP contribution is -2.49. The Kier molecular flexibility index (Phi) is 5.53. The second kappa shape index (κ2) is 8.43. The second-order valence-corrected chi connectivity index (χ2v) is 7.43. The van der Waals surface area contributed by atoms with Crippen molar-refractivity contribution in [1.82, 2.24) is 20.1 Å². The maximum Gasteiger partial charge on any atom is 0.254 e. The number of piperazine rings is 1. The number of carbonyl (C=O) groups excluding carboxylic acids is 3. The summed E-state index contributed by atoms with van der Waals surface area (Å²) in [6, 6.07) is 15.5. The molecule has 0 atom stereocenters. The first-order chi connectivity index (χ1) is 14.9. The standard InChI is InChI=1S/C23H22N4O4/c1-26-19-5-3-2-4-17(19)18(12-21(26)29)22(30)25-13-15-6-8-16(9-7-15)23(31)27-11-10-24-20(28)14-27/h2-9,12H,10-11,13-14H2,1H3,(H,24,28)(H,25,30). The zero-order valence-corrected chi connectivity index (χ0v) is 17.1. The lowest BCUT2D eigenvalue weighted by atomic mass is 10.1. The molecule has 0 radical (unpaired) electrons. The highest BCUT2D eigenvalue weighted by Crippen LogP contribution is 2.16. The van der Waals surface area contributed by atoms with Gasteiger partial charge in [-0.1, -0.05) is 30.3 Å². The van der Waals surface area contributed by atoms with Crippen molar-refractivity contribution in [2.45, 2.75) is 6.54 Å². The van der Waals surface area contributed by atoms with E-state index in [4.69, 9.17) is 0 Å². The van der Waals surface area contributed by atoms with Crippen LogP contribution in [-0.4, -0.2) is 46.8 Å². The van der Waals surface area contributed by atoms with E-state index < -0.39 is 0 Å². The first-order valence-corrected chi connectivity index (χ1v) is 9.96. The molecule has 8 heteroatoms. The van der Waals surface area contributed by atoms with Gasteiger partial charge in [0.05, 0.1) is 17.6 Å². The summed E-state index contributed by atoms with van der Waals surface area (Å²) in [6.45, 7) is 1.24. The molecule has 1 saturated heterocycles. The number of aryl methyl sites for hydroxylation is 1. The third-order valence-corrected chi connectivity index (χ3v) is 5.38. The first-order valence-electron chi connectivity index (χ1n) is 9.96. The van der Waals surface area contributed by atoms with Gasteiger partial charge in [-0.05, 0) is 23.8 Å². The summed E-state index contributed by atoms with van der Waals surface area (Å²) in [4.78, 5) is 50.5. The molecule has 1 fully saturated rings. The summed E-state index contributed by atoms with van der Waals surface area (Å²) in [5, 5.41) is 6.23. The van der Waals surface area contributed by atoms with Crippen LogP contribution < -0.4 is 16.2 Å². The number of para-hydroxylation sites is 1. The van der Waals surface area contributed by atoms with E-state index in [1.54, 1.807) is 37.4 Å². The molecule has 3 aromatic rings. The molecule has 2 N–H and O–H groups in total. The Balaban J connectivity index is 1.45. The number of hydrogen-bond donors (Lipinski definition) is 2. The molecule has 2 aromatic carbocycles. The van der Waals surface area contributed by atoms with E-state index in [1.807, 2.05) is 18.2 Å². The molecule has 0 saturated carbocycles. The predicted octanol–water partition coefficient (Wildman–Crippen LogP) is 1.04. The van der Waals surface area contributed by atoms with Crippen LogP contribution >= 0.6 is 0 Å². The second-order valence-electron chi connectivity index (χ2n) is 7.43. The van der Waals surface area contributed by atoms with Crippen molar-refractivity contribution in [1.29, 1.82) is 0 Å². The van der Waals surface area contributed by atoms with Gasteiger partial charge in [0.25, 0.3) is 17.4 Å². The van der Waals surface area contributed by atoms with Gasteiger partial charge in [-0.2, -0.15) is 0 Å². The van der Waals surface area contributed by atoms with E-state index in [9.17, 15) is 19.2 Å². The highest BCUT2D eigenvalue weighted by Gasteiger charge is 2.22. The van der Waals surface area contributed by atoms with Gasteiger partial charge in [0, 0.05) is 43.7 Å². The summed E-state index contributed by atoms with van der Waals surface area (Å²) >= 11 is 0. The number of amides is 3. The van der Waals surface area contributed by atoms with Gasteiger partial charge in [-0.15, -0.1) is 0 Å². The van der Waals surface area contributed by atoms with E-state index in [0.29, 0.717) is 35.1 Å². The third-order valence-electron chi connectivity index (χ3n) is 5.38. The summed E-state index contributed by atoms with van der Waals surface area (Å²) < 4.78 is 1.51. The van der Waals surface area contributed by atoms with Gasteiger partial charge >= 0.3 is 0 Å². The van der Waals surface area contributed by atoms with Gasteiger partial charge in [0.1, 0.15) is 0 Å². The smallest absolute Gasteiger partial charge is 0.254 e. The Labute approximate surface area is 178 Å². The highest BCUT2D eigenvalue weighted by atomic mass is 16.2. The van der Waals surface area contributed by atoms with E-state index in [0.717, 1.165) is 5.56 Å². The first kappa shape index (κ1) is 20.3. The molecule has 1 aromatic heterocycles. The van der Waals surface area contributed by atoms with Crippen molar-refractivity contribution in [3.05, 3.63) is 81.6 Å². The van der Waals surface area contributed by atoms with Crippen LogP contribution in [0.4, 0.5) is 0 Å². The number of rotatable bonds is 4. The Bertz CT molecular complexity index is 1230. The van der Waals surface area contributed by atoms with Gasteiger partial charge < -0.3 is 20.1 Å². The molecule has 0 bridgehead atoms. The Morgan fingerprint density at radius 1 is 1.06 bits per heavy atom. The minimum Gasteiger partial charge on any atom is -0.353 e. The molecule has 0 aliphatic carbocycles. The van der Waals surface area contributed by atoms with Crippen molar-refractivity contribution >= 4 is 28.6 Å². The van der Waals surface area contributed by atoms with Crippen LogP contribution in [-0.2, 0) is 18.4 Å². The number of nitrogens with zero attached hydrogens (tertiary/aromatic N) is 2. The fourth-order valence-electron chi connectivity index (χ4n) is 3.64. The van der Waals surface area contributed by atoms with Crippen LogP contribution in [0.2, 0.25) is 0 Å². The van der Waals surface area contributed by atoms with E-state index in [1.165, 1.54) is 15.5 Å². The predicted molar refractivity (Wildman–Crippen MR) is 116 cm³/mol. The van der Waals surface area contributed by atoms with Crippen molar-refractivity contribution < 1.29 is 14.4 Å². The zero-order chi connectivity index (χ0) is 22.0. The molecule has 0 spiro atoms. The number of nitrogens with one attached hydrogen (secondary N) is 2. The highest BCUT2D eigenvalue weighted by molar-refractivity contribution is 6.06. The normalized spacial score (nSPS) is 13.7. The van der Waals surface area contributed by atoms with E-state index in [-0.39, 0.29) is 36.4 Å². The molecule has 1 aliphatic heterocycles. The maximum atomic E-state index is 12.8. The molecule has 31 heavy (non-hydrogen) atoms. The average molecular weight is 418 g/mol. The van der Waals surface area contributed by atoms with Gasteiger partial charge in [0.15, 0.2) is 0 Å². The number of aromatic nitrogens is 1.